The minimum atomic E-state index is 0.720. The van der Waals surface area contributed by atoms with Gasteiger partial charge in [-0.05, 0) is 44.4 Å². The van der Waals surface area contributed by atoms with Crippen molar-refractivity contribution in [2.75, 3.05) is 19.7 Å². The Morgan fingerprint density at radius 1 is 1.47 bits per heavy atom. The molecule has 0 radical (unpaired) electrons. The van der Waals surface area contributed by atoms with Crippen molar-refractivity contribution < 1.29 is 4.74 Å². The Kier molecular flexibility index (Phi) is 3.56. The third-order valence-corrected chi connectivity index (χ3v) is 2.56. The van der Waals surface area contributed by atoms with E-state index in [1.165, 1.54) is 12.8 Å². The van der Waals surface area contributed by atoms with Crippen LogP contribution in [0.1, 0.15) is 18.5 Å². The first kappa shape index (κ1) is 10.4. The van der Waals surface area contributed by atoms with Gasteiger partial charge in [0.05, 0.1) is 6.20 Å². The molecule has 1 aliphatic carbocycles. The van der Waals surface area contributed by atoms with Crippen molar-refractivity contribution in [1.82, 2.24) is 10.3 Å². The van der Waals surface area contributed by atoms with Gasteiger partial charge in [0.2, 0.25) is 0 Å². The second-order valence-corrected chi connectivity index (χ2v) is 4.13. The van der Waals surface area contributed by atoms with Crippen LogP contribution in [0.5, 0.6) is 5.75 Å². The summed E-state index contributed by atoms with van der Waals surface area (Å²) in [6.45, 7) is 4.76. The minimum Gasteiger partial charge on any atom is -0.491 e. The largest absolute Gasteiger partial charge is 0.491 e. The van der Waals surface area contributed by atoms with Gasteiger partial charge < -0.3 is 10.1 Å². The van der Waals surface area contributed by atoms with E-state index in [-0.39, 0.29) is 0 Å². The van der Waals surface area contributed by atoms with E-state index in [0.717, 1.165) is 37.1 Å². The first-order chi connectivity index (χ1) is 7.34. The highest BCUT2D eigenvalue weighted by Gasteiger charge is 2.19. The van der Waals surface area contributed by atoms with Crippen LogP contribution in [0.2, 0.25) is 0 Å². The quantitative estimate of drug-likeness (QED) is 0.720. The van der Waals surface area contributed by atoms with Crippen LogP contribution in [0.25, 0.3) is 0 Å². The average Bonchev–Trinajstić information content (AvgIpc) is 3.04. The van der Waals surface area contributed by atoms with Crippen molar-refractivity contribution in [2.45, 2.75) is 19.8 Å². The van der Waals surface area contributed by atoms with E-state index in [4.69, 9.17) is 4.74 Å². The van der Waals surface area contributed by atoms with Gasteiger partial charge in [-0.3, -0.25) is 4.98 Å². The molecule has 2 rings (SSSR count). The van der Waals surface area contributed by atoms with Gasteiger partial charge in [0, 0.05) is 12.2 Å². The Morgan fingerprint density at radius 3 is 3.00 bits per heavy atom. The van der Waals surface area contributed by atoms with Crippen molar-refractivity contribution in [3.05, 3.63) is 24.0 Å². The summed E-state index contributed by atoms with van der Waals surface area (Å²) in [4.78, 5) is 4.17. The summed E-state index contributed by atoms with van der Waals surface area (Å²) in [6.07, 6.45) is 4.57. The molecule has 15 heavy (non-hydrogen) atoms. The third-order valence-electron chi connectivity index (χ3n) is 2.56. The second kappa shape index (κ2) is 5.12. The number of nitrogens with one attached hydrogen (secondary N) is 1. The lowest BCUT2D eigenvalue weighted by Crippen LogP contribution is -2.23. The molecule has 0 unspecified atom stereocenters. The maximum atomic E-state index is 5.54. The van der Waals surface area contributed by atoms with E-state index < -0.39 is 0 Å². The van der Waals surface area contributed by atoms with E-state index in [1.54, 1.807) is 6.20 Å². The average molecular weight is 206 g/mol. The molecular weight excluding hydrogens is 188 g/mol. The zero-order chi connectivity index (χ0) is 10.5. The van der Waals surface area contributed by atoms with Crippen LogP contribution in [0.3, 0.4) is 0 Å². The van der Waals surface area contributed by atoms with Gasteiger partial charge in [0.1, 0.15) is 12.4 Å². The fraction of sp³-hybridized carbons (Fsp3) is 0.583. The Morgan fingerprint density at radius 2 is 2.33 bits per heavy atom. The number of ether oxygens (including phenoxy) is 1. The minimum absolute atomic E-state index is 0.720. The van der Waals surface area contributed by atoms with Gasteiger partial charge in [-0.1, -0.05) is 0 Å². The van der Waals surface area contributed by atoms with Gasteiger partial charge >= 0.3 is 0 Å². The molecule has 0 atom stereocenters. The van der Waals surface area contributed by atoms with Crippen LogP contribution in [-0.2, 0) is 0 Å². The normalized spacial score (nSPS) is 15.3. The molecule has 82 valence electrons. The van der Waals surface area contributed by atoms with Gasteiger partial charge in [0.15, 0.2) is 0 Å². The van der Waals surface area contributed by atoms with E-state index in [0.29, 0.717) is 0 Å². The number of nitrogens with zero attached hydrogens (tertiary/aromatic N) is 1. The molecule has 0 spiro atoms. The Balaban J connectivity index is 1.58. The van der Waals surface area contributed by atoms with E-state index in [1.807, 2.05) is 19.1 Å². The number of rotatable bonds is 6. The molecule has 1 N–H and O–H groups in total. The number of pyridine rings is 1. The zero-order valence-corrected chi connectivity index (χ0v) is 9.20. The molecule has 0 amide bonds. The third kappa shape index (κ3) is 3.88. The Hall–Kier alpha value is -1.09. The standard InChI is InChI=1S/C12H18N2O/c1-10-2-5-12(9-14-10)15-7-6-13-8-11-3-4-11/h2,5,9,11,13H,3-4,6-8H2,1H3. The molecule has 0 saturated heterocycles. The summed E-state index contributed by atoms with van der Waals surface area (Å²) in [5, 5.41) is 3.38. The molecule has 0 aromatic carbocycles. The van der Waals surface area contributed by atoms with Gasteiger partial charge in [-0.25, -0.2) is 0 Å². The summed E-state index contributed by atoms with van der Waals surface area (Å²) >= 11 is 0. The maximum Gasteiger partial charge on any atom is 0.137 e. The highest BCUT2D eigenvalue weighted by molar-refractivity contribution is 5.18. The molecular formula is C12H18N2O. The van der Waals surface area contributed by atoms with Gasteiger partial charge in [0.25, 0.3) is 0 Å². The Labute approximate surface area is 90.9 Å². The molecule has 3 nitrogen and oxygen atoms in total. The number of hydrogen-bond acceptors (Lipinski definition) is 3. The van der Waals surface area contributed by atoms with E-state index >= 15 is 0 Å². The topological polar surface area (TPSA) is 34.1 Å². The Bertz CT molecular complexity index is 293. The number of aromatic nitrogens is 1. The predicted molar refractivity (Wildman–Crippen MR) is 60.1 cm³/mol. The fourth-order valence-electron chi connectivity index (χ4n) is 1.41. The van der Waals surface area contributed by atoms with Crippen molar-refractivity contribution >= 4 is 0 Å². The summed E-state index contributed by atoms with van der Waals surface area (Å²) in [5.74, 6) is 1.79. The molecule has 1 aliphatic rings. The van der Waals surface area contributed by atoms with Crippen LogP contribution in [0.4, 0.5) is 0 Å². The van der Waals surface area contributed by atoms with Gasteiger partial charge in [-0.15, -0.1) is 0 Å². The second-order valence-electron chi connectivity index (χ2n) is 4.13. The van der Waals surface area contributed by atoms with E-state index in [9.17, 15) is 0 Å². The van der Waals surface area contributed by atoms with Crippen molar-refractivity contribution in [3.63, 3.8) is 0 Å². The maximum absolute atomic E-state index is 5.54. The van der Waals surface area contributed by atoms with E-state index in [2.05, 4.69) is 10.3 Å². The van der Waals surface area contributed by atoms with Crippen LogP contribution in [0, 0.1) is 12.8 Å². The highest BCUT2D eigenvalue weighted by Crippen LogP contribution is 2.27. The molecule has 0 aliphatic heterocycles. The summed E-state index contributed by atoms with van der Waals surface area (Å²) in [6, 6.07) is 3.93. The van der Waals surface area contributed by atoms with Crippen LogP contribution < -0.4 is 10.1 Å². The van der Waals surface area contributed by atoms with Crippen LogP contribution in [0.15, 0.2) is 18.3 Å². The van der Waals surface area contributed by atoms with Crippen LogP contribution in [-0.4, -0.2) is 24.7 Å². The van der Waals surface area contributed by atoms with Crippen molar-refractivity contribution in [2.24, 2.45) is 5.92 Å². The van der Waals surface area contributed by atoms with Gasteiger partial charge in [-0.2, -0.15) is 0 Å². The smallest absolute Gasteiger partial charge is 0.137 e. The monoisotopic (exact) mass is 206 g/mol. The zero-order valence-electron chi connectivity index (χ0n) is 9.20. The number of aryl methyl sites for hydroxylation is 1. The molecule has 1 heterocycles. The highest BCUT2D eigenvalue weighted by atomic mass is 16.5. The summed E-state index contributed by atoms with van der Waals surface area (Å²) < 4.78 is 5.54. The molecule has 1 aromatic rings. The van der Waals surface area contributed by atoms with Crippen LogP contribution >= 0.6 is 0 Å². The van der Waals surface area contributed by atoms with Crippen molar-refractivity contribution in [1.29, 1.82) is 0 Å². The SMILES string of the molecule is Cc1ccc(OCCNCC2CC2)cn1. The lowest BCUT2D eigenvalue weighted by molar-refractivity contribution is 0.312. The first-order valence-electron chi connectivity index (χ1n) is 5.61. The molecule has 0 bridgehead atoms. The van der Waals surface area contributed by atoms with Crippen molar-refractivity contribution in [3.8, 4) is 5.75 Å². The fourth-order valence-corrected chi connectivity index (χ4v) is 1.41. The molecule has 3 heteroatoms. The molecule has 1 saturated carbocycles. The lowest BCUT2D eigenvalue weighted by atomic mass is 10.4. The number of hydrogen-bond donors (Lipinski definition) is 1. The molecule has 1 fully saturated rings. The lowest BCUT2D eigenvalue weighted by Gasteiger charge is -2.06. The summed E-state index contributed by atoms with van der Waals surface area (Å²) in [5.41, 5.74) is 1.02. The predicted octanol–water partition coefficient (Wildman–Crippen LogP) is 1.77. The first-order valence-corrected chi connectivity index (χ1v) is 5.61. The molecule has 1 aromatic heterocycles. The summed E-state index contributed by atoms with van der Waals surface area (Å²) in [7, 11) is 0.